The SMILES string of the molecule is NCCc1cn[nH]c1-c1cccc(O)c1. The quantitative estimate of drug-likeness (QED) is 0.703. The number of aromatic nitrogens is 2. The number of nitrogens with one attached hydrogen (secondary N) is 1. The molecule has 0 aliphatic carbocycles. The van der Waals surface area contributed by atoms with Crippen LogP contribution in [0.3, 0.4) is 0 Å². The molecule has 78 valence electrons. The molecule has 0 bridgehead atoms. The smallest absolute Gasteiger partial charge is 0.116 e. The first-order valence-corrected chi connectivity index (χ1v) is 4.83. The second-order valence-electron chi connectivity index (χ2n) is 3.36. The average molecular weight is 203 g/mol. The Morgan fingerprint density at radius 1 is 1.40 bits per heavy atom. The van der Waals surface area contributed by atoms with Crippen LogP contribution < -0.4 is 5.73 Å². The van der Waals surface area contributed by atoms with Gasteiger partial charge in [0.15, 0.2) is 0 Å². The van der Waals surface area contributed by atoms with Crippen LogP contribution in [0.15, 0.2) is 30.5 Å². The highest BCUT2D eigenvalue weighted by Crippen LogP contribution is 2.24. The second kappa shape index (κ2) is 4.14. The minimum atomic E-state index is 0.251. The maximum Gasteiger partial charge on any atom is 0.116 e. The number of H-pyrrole nitrogens is 1. The van der Waals surface area contributed by atoms with Crippen molar-refractivity contribution in [3.63, 3.8) is 0 Å². The summed E-state index contributed by atoms with van der Waals surface area (Å²) in [4.78, 5) is 0. The Kier molecular flexibility index (Phi) is 2.69. The Morgan fingerprint density at radius 3 is 3.00 bits per heavy atom. The van der Waals surface area contributed by atoms with E-state index in [1.54, 1.807) is 24.4 Å². The topological polar surface area (TPSA) is 74.9 Å². The van der Waals surface area contributed by atoms with Crippen molar-refractivity contribution in [1.82, 2.24) is 10.2 Å². The zero-order chi connectivity index (χ0) is 10.7. The maximum atomic E-state index is 9.37. The Balaban J connectivity index is 2.40. The molecule has 15 heavy (non-hydrogen) atoms. The molecule has 4 N–H and O–H groups in total. The average Bonchev–Trinajstić information content (AvgIpc) is 2.66. The van der Waals surface area contributed by atoms with E-state index < -0.39 is 0 Å². The van der Waals surface area contributed by atoms with Crippen LogP contribution in [0.25, 0.3) is 11.3 Å². The van der Waals surface area contributed by atoms with Gasteiger partial charge in [0.2, 0.25) is 0 Å². The molecular weight excluding hydrogens is 190 g/mol. The van der Waals surface area contributed by atoms with Gasteiger partial charge in [-0.1, -0.05) is 12.1 Å². The summed E-state index contributed by atoms with van der Waals surface area (Å²) in [5.74, 6) is 0.251. The number of hydrogen-bond donors (Lipinski definition) is 3. The first-order chi connectivity index (χ1) is 7.31. The fraction of sp³-hybridized carbons (Fsp3) is 0.182. The van der Waals surface area contributed by atoms with Crippen LogP contribution in [0.1, 0.15) is 5.56 Å². The van der Waals surface area contributed by atoms with Crippen molar-refractivity contribution in [3.05, 3.63) is 36.0 Å². The number of phenolic OH excluding ortho intramolecular Hbond substituents is 1. The van der Waals surface area contributed by atoms with E-state index in [-0.39, 0.29) is 5.75 Å². The number of aromatic amines is 1. The molecule has 2 rings (SSSR count). The third kappa shape index (κ3) is 1.99. The number of benzene rings is 1. The molecule has 1 aromatic carbocycles. The van der Waals surface area contributed by atoms with Crippen LogP contribution in [-0.2, 0) is 6.42 Å². The lowest BCUT2D eigenvalue weighted by Crippen LogP contribution is -2.02. The maximum absolute atomic E-state index is 9.37. The van der Waals surface area contributed by atoms with Crippen LogP contribution >= 0.6 is 0 Å². The first kappa shape index (κ1) is 9.73. The van der Waals surface area contributed by atoms with Crippen LogP contribution in [0, 0.1) is 0 Å². The molecule has 0 aliphatic heterocycles. The lowest BCUT2D eigenvalue weighted by Gasteiger charge is -2.02. The molecule has 0 fully saturated rings. The van der Waals surface area contributed by atoms with Gasteiger partial charge in [-0.15, -0.1) is 0 Å². The number of aromatic hydroxyl groups is 1. The van der Waals surface area contributed by atoms with E-state index in [0.29, 0.717) is 6.54 Å². The van der Waals surface area contributed by atoms with Gasteiger partial charge in [0, 0.05) is 5.56 Å². The standard InChI is InChI=1S/C11H13N3O/c12-5-4-9-7-13-14-11(9)8-2-1-3-10(15)6-8/h1-3,6-7,15H,4-5,12H2,(H,13,14). The lowest BCUT2D eigenvalue weighted by molar-refractivity contribution is 0.475. The molecule has 4 nitrogen and oxygen atoms in total. The zero-order valence-corrected chi connectivity index (χ0v) is 8.27. The predicted octanol–water partition coefficient (Wildman–Crippen LogP) is 1.28. The number of rotatable bonds is 3. The highest BCUT2D eigenvalue weighted by molar-refractivity contribution is 5.64. The van der Waals surface area contributed by atoms with Gasteiger partial charge in [-0.25, -0.2) is 0 Å². The third-order valence-corrected chi connectivity index (χ3v) is 2.27. The van der Waals surface area contributed by atoms with Crippen molar-refractivity contribution < 1.29 is 5.11 Å². The van der Waals surface area contributed by atoms with Crippen molar-refractivity contribution in [3.8, 4) is 17.0 Å². The van der Waals surface area contributed by atoms with Gasteiger partial charge in [-0.05, 0) is 30.7 Å². The van der Waals surface area contributed by atoms with Gasteiger partial charge in [-0.2, -0.15) is 5.10 Å². The van der Waals surface area contributed by atoms with Crippen LogP contribution in [-0.4, -0.2) is 21.8 Å². The van der Waals surface area contributed by atoms with Gasteiger partial charge < -0.3 is 10.8 Å². The molecule has 0 atom stereocenters. The van der Waals surface area contributed by atoms with E-state index >= 15 is 0 Å². The summed E-state index contributed by atoms with van der Waals surface area (Å²) in [5.41, 5.74) is 8.43. The van der Waals surface area contributed by atoms with Crippen molar-refractivity contribution in [1.29, 1.82) is 0 Å². The normalized spacial score (nSPS) is 10.5. The Bertz CT molecular complexity index is 451. The minimum Gasteiger partial charge on any atom is -0.508 e. The summed E-state index contributed by atoms with van der Waals surface area (Å²) in [7, 11) is 0. The number of phenols is 1. The molecule has 1 aromatic heterocycles. The second-order valence-corrected chi connectivity index (χ2v) is 3.36. The van der Waals surface area contributed by atoms with E-state index in [1.807, 2.05) is 6.07 Å². The van der Waals surface area contributed by atoms with E-state index in [0.717, 1.165) is 23.2 Å². The summed E-state index contributed by atoms with van der Waals surface area (Å²) in [6, 6.07) is 7.07. The summed E-state index contributed by atoms with van der Waals surface area (Å²) in [5, 5.41) is 16.3. The van der Waals surface area contributed by atoms with Gasteiger partial charge in [0.1, 0.15) is 5.75 Å². The van der Waals surface area contributed by atoms with Crippen molar-refractivity contribution >= 4 is 0 Å². The molecule has 0 saturated heterocycles. The van der Waals surface area contributed by atoms with E-state index in [2.05, 4.69) is 10.2 Å². The highest BCUT2D eigenvalue weighted by atomic mass is 16.3. The van der Waals surface area contributed by atoms with Gasteiger partial charge in [-0.3, -0.25) is 5.10 Å². The molecule has 0 aliphatic rings. The number of nitrogens with two attached hydrogens (primary N) is 1. The molecule has 0 spiro atoms. The largest absolute Gasteiger partial charge is 0.508 e. The van der Waals surface area contributed by atoms with Crippen LogP contribution in [0.4, 0.5) is 0 Å². The first-order valence-electron chi connectivity index (χ1n) is 4.83. The molecular formula is C11H13N3O. The predicted molar refractivity (Wildman–Crippen MR) is 58.4 cm³/mol. The van der Waals surface area contributed by atoms with E-state index in [9.17, 15) is 5.11 Å². The van der Waals surface area contributed by atoms with Crippen LogP contribution in [0.2, 0.25) is 0 Å². The molecule has 2 aromatic rings. The fourth-order valence-corrected chi connectivity index (χ4v) is 1.57. The molecule has 4 heteroatoms. The summed E-state index contributed by atoms with van der Waals surface area (Å²) in [6.45, 7) is 0.589. The van der Waals surface area contributed by atoms with E-state index in [1.165, 1.54) is 0 Å². The Labute approximate surface area is 87.7 Å². The van der Waals surface area contributed by atoms with Crippen molar-refractivity contribution in [2.24, 2.45) is 5.73 Å². The number of nitrogens with zero attached hydrogens (tertiary/aromatic N) is 1. The lowest BCUT2D eigenvalue weighted by atomic mass is 10.1. The summed E-state index contributed by atoms with van der Waals surface area (Å²) >= 11 is 0. The molecule has 1 heterocycles. The fourth-order valence-electron chi connectivity index (χ4n) is 1.57. The Morgan fingerprint density at radius 2 is 2.27 bits per heavy atom. The van der Waals surface area contributed by atoms with Crippen molar-refractivity contribution in [2.75, 3.05) is 6.54 Å². The molecule has 0 radical (unpaired) electrons. The summed E-state index contributed by atoms with van der Waals surface area (Å²) in [6.07, 6.45) is 2.55. The minimum absolute atomic E-state index is 0.251. The summed E-state index contributed by atoms with van der Waals surface area (Å²) < 4.78 is 0. The molecule has 0 amide bonds. The van der Waals surface area contributed by atoms with Crippen LogP contribution in [0.5, 0.6) is 5.75 Å². The van der Waals surface area contributed by atoms with Gasteiger partial charge in [0.25, 0.3) is 0 Å². The number of hydrogen-bond acceptors (Lipinski definition) is 3. The van der Waals surface area contributed by atoms with Gasteiger partial charge >= 0.3 is 0 Å². The zero-order valence-electron chi connectivity index (χ0n) is 8.27. The Hall–Kier alpha value is -1.81. The monoisotopic (exact) mass is 203 g/mol. The molecule has 0 unspecified atom stereocenters. The highest BCUT2D eigenvalue weighted by Gasteiger charge is 2.06. The van der Waals surface area contributed by atoms with Crippen molar-refractivity contribution in [2.45, 2.75) is 6.42 Å². The molecule has 0 saturated carbocycles. The van der Waals surface area contributed by atoms with E-state index in [4.69, 9.17) is 5.73 Å². The van der Waals surface area contributed by atoms with Gasteiger partial charge in [0.05, 0.1) is 11.9 Å². The third-order valence-electron chi connectivity index (χ3n) is 2.27.